The first-order valence-corrected chi connectivity index (χ1v) is 6.06. The van der Waals surface area contributed by atoms with Gasteiger partial charge in [-0.3, -0.25) is 4.79 Å². The number of aliphatic hydroxyl groups excluding tert-OH is 1. The highest BCUT2D eigenvalue weighted by molar-refractivity contribution is 5.84. The minimum Gasteiger partial charge on any atom is -0.391 e. The van der Waals surface area contributed by atoms with Crippen molar-refractivity contribution in [2.45, 2.75) is 25.1 Å². The zero-order valence-corrected chi connectivity index (χ0v) is 10.7. The standard InChI is InChI=1S/C11H19F3N2O3/c1-19-6-8(17)2-4-16-9(18)10(11(12,13)14)3-5-15-7-10/h8,15,17H,2-7H2,1H3,(H,16,18). The predicted octanol–water partition coefficient (Wildman–Crippen LogP) is 0.0420. The van der Waals surface area contributed by atoms with Gasteiger partial charge in [-0.25, -0.2) is 0 Å². The lowest BCUT2D eigenvalue weighted by Crippen LogP contribution is -2.52. The van der Waals surface area contributed by atoms with Gasteiger partial charge in [0.25, 0.3) is 0 Å². The van der Waals surface area contributed by atoms with Gasteiger partial charge in [-0.05, 0) is 19.4 Å². The van der Waals surface area contributed by atoms with Gasteiger partial charge in [-0.2, -0.15) is 13.2 Å². The molecule has 2 atom stereocenters. The number of nitrogens with one attached hydrogen (secondary N) is 2. The highest BCUT2D eigenvalue weighted by Gasteiger charge is 2.61. The summed E-state index contributed by atoms with van der Waals surface area (Å²) in [5, 5.41) is 14.2. The fourth-order valence-electron chi connectivity index (χ4n) is 2.05. The van der Waals surface area contributed by atoms with E-state index in [1.807, 2.05) is 0 Å². The molecule has 0 radical (unpaired) electrons. The van der Waals surface area contributed by atoms with Crippen LogP contribution in [0.25, 0.3) is 0 Å². The average Bonchev–Trinajstić information content (AvgIpc) is 2.78. The van der Waals surface area contributed by atoms with Crippen molar-refractivity contribution in [2.24, 2.45) is 5.41 Å². The van der Waals surface area contributed by atoms with E-state index in [1.165, 1.54) is 7.11 Å². The first-order chi connectivity index (χ1) is 8.83. The maximum atomic E-state index is 13.0. The van der Waals surface area contributed by atoms with E-state index in [1.54, 1.807) is 0 Å². The maximum absolute atomic E-state index is 13.0. The molecule has 1 aliphatic heterocycles. The van der Waals surface area contributed by atoms with Crippen molar-refractivity contribution in [3.05, 3.63) is 0 Å². The molecular formula is C11H19F3N2O3. The number of methoxy groups -OCH3 is 1. The maximum Gasteiger partial charge on any atom is 0.404 e. The van der Waals surface area contributed by atoms with Gasteiger partial charge in [-0.15, -0.1) is 0 Å². The Morgan fingerprint density at radius 3 is 2.74 bits per heavy atom. The van der Waals surface area contributed by atoms with E-state index in [2.05, 4.69) is 15.4 Å². The molecule has 0 aromatic rings. The number of rotatable bonds is 6. The SMILES string of the molecule is COCC(O)CCNC(=O)C1(C(F)(F)F)CCNC1. The Morgan fingerprint density at radius 1 is 1.58 bits per heavy atom. The number of alkyl halides is 3. The molecule has 112 valence electrons. The van der Waals surface area contributed by atoms with E-state index in [0.29, 0.717) is 0 Å². The molecule has 3 N–H and O–H groups in total. The molecule has 1 heterocycles. The molecule has 19 heavy (non-hydrogen) atoms. The van der Waals surface area contributed by atoms with E-state index in [9.17, 15) is 23.1 Å². The number of hydrogen-bond donors (Lipinski definition) is 3. The highest BCUT2D eigenvalue weighted by atomic mass is 19.4. The topological polar surface area (TPSA) is 70.6 Å². The Kier molecular flexibility index (Phi) is 5.57. The molecule has 0 aliphatic carbocycles. The molecule has 0 aromatic carbocycles. The number of carbonyl (C=O) groups is 1. The molecule has 2 unspecified atom stereocenters. The van der Waals surface area contributed by atoms with Crippen LogP contribution in [-0.4, -0.2) is 56.6 Å². The summed E-state index contributed by atoms with van der Waals surface area (Å²) in [7, 11) is 1.41. The van der Waals surface area contributed by atoms with E-state index in [4.69, 9.17) is 0 Å². The lowest BCUT2D eigenvalue weighted by molar-refractivity contribution is -0.216. The van der Waals surface area contributed by atoms with Crippen molar-refractivity contribution in [3.63, 3.8) is 0 Å². The predicted molar refractivity (Wildman–Crippen MR) is 61.5 cm³/mol. The largest absolute Gasteiger partial charge is 0.404 e. The Hall–Kier alpha value is -0.860. The van der Waals surface area contributed by atoms with Crippen molar-refractivity contribution in [1.29, 1.82) is 0 Å². The molecule has 0 aromatic heterocycles. The molecular weight excluding hydrogens is 265 g/mol. The van der Waals surface area contributed by atoms with Crippen LogP contribution in [0.3, 0.4) is 0 Å². The van der Waals surface area contributed by atoms with Crippen LogP contribution in [0.2, 0.25) is 0 Å². The Bertz CT molecular complexity index is 304. The van der Waals surface area contributed by atoms with Crippen LogP contribution in [0, 0.1) is 5.41 Å². The fraction of sp³-hybridized carbons (Fsp3) is 0.909. The summed E-state index contributed by atoms with van der Waals surface area (Å²) in [4.78, 5) is 11.8. The first kappa shape index (κ1) is 16.2. The molecule has 1 fully saturated rings. The van der Waals surface area contributed by atoms with Crippen molar-refractivity contribution in [1.82, 2.24) is 10.6 Å². The molecule has 1 amide bonds. The molecule has 0 spiro atoms. The van der Waals surface area contributed by atoms with Gasteiger partial charge in [0.15, 0.2) is 5.41 Å². The summed E-state index contributed by atoms with van der Waals surface area (Å²) in [5.41, 5.74) is -2.35. The summed E-state index contributed by atoms with van der Waals surface area (Å²) in [5.74, 6) is -1.03. The van der Waals surface area contributed by atoms with Crippen LogP contribution in [0.4, 0.5) is 13.2 Å². The third kappa shape index (κ3) is 3.80. The molecule has 1 aliphatic rings. The second-order valence-electron chi connectivity index (χ2n) is 4.66. The quantitative estimate of drug-likeness (QED) is 0.644. The minimum atomic E-state index is -4.58. The Labute approximate surface area is 109 Å². The zero-order valence-electron chi connectivity index (χ0n) is 10.7. The molecule has 1 rings (SSSR count). The van der Waals surface area contributed by atoms with Crippen LogP contribution in [-0.2, 0) is 9.53 Å². The summed E-state index contributed by atoms with van der Waals surface area (Å²) in [6, 6.07) is 0. The van der Waals surface area contributed by atoms with E-state index in [-0.39, 0.29) is 32.5 Å². The summed E-state index contributed by atoms with van der Waals surface area (Å²) < 4.78 is 43.7. The number of carbonyl (C=O) groups excluding carboxylic acids is 1. The number of ether oxygens (including phenoxy) is 1. The van der Waals surface area contributed by atoms with Crippen molar-refractivity contribution >= 4 is 5.91 Å². The van der Waals surface area contributed by atoms with Gasteiger partial charge < -0.3 is 20.5 Å². The number of hydrogen-bond acceptors (Lipinski definition) is 4. The van der Waals surface area contributed by atoms with Crippen LogP contribution in [0.15, 0.2) is 0 Å². The Balaban J connectivity index is 2.51. The average molecular weight is 284 g/mol. The number of aliphatic hydroxyl groups is 1. The zero-order chi connectivity index (χ0) is 14.5. The first-order valence-electron chi connectivity index (χ1n) is 6.06. The van der Waals surface area contributed by atoms with Crippen LogP contribution in [0.5, 0.6) is 0 Å². The van der Waals surface area contributed by atoms with Gasteiger partial charge >= 0.3 is 6.18 Å². The molecule has 0 saturated carbocycles. The second-order valence-corrected chi connectivity index (χ2v) is 4.66. The van der Waals surface area contributed by atoms with Crippen LogP contribution < -0.4 is 10.6 Å². The number of amides is 1. The van der Waals surface area contributed by atoms with Gasteiger partial charge in [0.05, 0.1) is 12.7 Å². The fourth-order valence-corrected chi connectivity index (χ4v) is 2.05. The summed E-state index contributed by atoms with van der Waals surface area (Å²) >= 11 is 0. The van der Waals surface area contributed by atoms with Gasteiger partial charge in [0.2, 0.25) is 5.91 Å². The lowest BCUT2D eigenvalue weighted by Gasteiger charge is -2.29. The monoisotopic (exact) mass is 284 g/mol. The summed E-state index contributed by atoms with van der Waals surface area (Å²) in [6.07, 6.45) is -5.48. The van der Waals surface area contributed by atoms with Gasteiger partial charge in [-0.1, -0.05) is 0 Å². The van der Waals surface area contributed by atoms with Crippen molar-refractivity contribution in [3.8, 4) is 0 Å². The van der Waals surface area contributed by atoms with E-state index >= 15 is 0 Å². The van der Waals surface area contributed by atoms with Crippen molar-refractivity contribution < 1.29 is 27.8 Å². The normalized spacial score (nSPS) is 25.3. The summed E-state index contributed by atoms with van der Waals surface area (Å²) in [6.45, 7) is -0.161. The van der Waals surface area contributed by atoms with Crippen molar-refractivity contribution in [2.75, 3.05) is 33.4 Å². The lowest BCUT2D eigenvalue weighted by atomic mass is 9.85. The van der Waals surface area contributed by atoms with E-state index < -0.39 is 30.1 Å². The second kappa shape index (κ2) is 6.53. The molecule has 1 saturated heterocycles. The minimum absolute atomic E-state index is 0.0127. The van der Waals surface area contributed by atoms with E-state index in [0.717, 1.165) is 0 Å². The van der Waals surface area contributed by atoms with Gasteiger partial charge in [0, 0.05) is 20.2 Å². The molecule has 5 nitrogen and oxygen atoms in total. The number of halogens is 3. The smallest absolute Gasteiger partial charge is 0.391 e. The third-order valence-electron chi connectivity index (χ3n) is 3.25. The highest BCUT2D eigenvalue weighted by Crippen LogP contribution is 2.43. The van der Waals surface area contributed by atoms with Crippen LogP contribution >= 0.6 is 0 Å². The molecule has 8 heteroatoms. The molecule has 0 bridgehead atoms. The third-order valence-corrected chi connectivity index (χ3v) is 3.25. The Morgan fingerprint density at radius 2 is 2.26 bits per heavy atom. The van der Waals surface area contributed by atoms with Gasteiger partial charge in [0.1, 0.15) is 0 Å². The van der Waals surface area contributed by atoms with Crippen LogP contribution in [0.1, 0.15) is 12.8 Å².